The summed E-state index contributed by atoms with van der Waals surface area (Å²) in [4.78, 5) is 13.7. The summed E-state index contributed by atoms with van der Waals surface area (Å²) in [7, 11) is 0. The van der Waals surface area contributed by atoms with Crippen molar-refractivity contribution in [2.24, 2.45) is 10.6 Å². The number of nitrogens with zero attached hydrogens (tertiary/aromatic N) is 2. The highest BCUT2D eigenvalue weighted by Crippen LogP contribution is 2.46. The van der Waals surface area contributed by atoms with Crippen molar-refractivity contribution >= 4 is 40.8 Å². The Morgan fingerprint density at radius 3 is 2.45 bits per heavy atom. The summed E-state index contributed by atoms with van der Waals surface area (Å²) in [5.41, 5.74) is 1.56. The lowest BCUT2D eigenvalue weighted by atomic mass is 9.69. The van der Waals surface area contributed by atoms with E-state index in [1.165, 1.54) is 18.2 Å². The van der Waals surface area contributed by atoms with Gasteiger partial charge in [0, 0.05) is 6.42 Å². The van der Waals surface area contributed by atoms with E-state index in [0.717, 1.165) is 31.7 Å². The molecular weight excluding hydrogens is 474 g/mol. The van der Waals surface area contributed by atoms with Crippen LogP contribution in [0.5, 0.6) is 0 Å². The first-order valence-corrected chi connectivity index (χ1v) is 11.0. The summed E-state index contributed by atoms with van der Waals surface area (Å²) in [6.45, 7) is 4.54. The highest BCUT2D eigenvalue weighted by atomic mass is 35.5. The van der Waals surface area contributed by atoms with Crippen molar-refractivity contribution in [3.05, 3.63) is 52.8 Å². The van der Waals surface area contributed by atoms with Gasteiger partial charge in [-0.15, -0.1) is 12.4 Å². The Balaban J connectivity index is 0.00000259. The van der Waals surface area contributed by atoms with E-state index >= 15 is 0 Å². The smallest absolute Gasteiger partial charge is 0.388 e. The van der Waals surface area contributed by atoms with Crippen LogP contribution in [-0.4, -0.2) is 21.3 Å². The Morgan fingerprint density at radius 1 is 1.06 bits per heavy atom. The van der Waals surface area contributed by atoms with Crippen molar-refractivity contribution in [1.29, 1.82) is 0 Å². The number of hydrogen-bond donors (Lipinski definition) is 1. The molecule has 1 fully saturated rings. The molecule has 2 aliphatic rings. The van der Waals surface area contributed by atoms with Crippen LogP contribution in [0.25, 0.3) is 22.2 Å². The lowest BCUT2D eigenvalue weighted by Gasteiger charge is -2.39. The second-order valence-electron chi connectivity index (χ2n) is 9.64. The van der Waals surface area contributed by atoms with Gasteiger partial charge in [0.25, 0.3) is 0 Å². The number of imidazole rings is 1. The fourth-order valence-corrected chi connectivity index (χ4v) is 4.91. The van der Waals surface area contributed by atoms with E-state index in [4.69, 9.17) is 16.4 Å². The summed E-state index contributed by atoms with van der Waals surface area (Å²) in [6, 6.07) is 8.65. The van der Waals surface area contributed by atoms with Crippen LogP contribution in [0.3, 0.4) is 0 Å². The molecule has 1 saturated carbocycles. The number of nitrogens with one attached hydrogen (secondary N) is 1. The van der Waals surface area contributed by atoms with E-state index in [-0.39, 0.29) is 28.6 Å². The Hall–Kier alpha value is -2.25. The Morgan fingerprint density at radius 2 is 1.76 bits per heavy atom. The largest absolute Gasteiger partial charge is 0.417 e. The fraction of sp³-hybridized carbons (Fsp3) is 0.417. The topological polar surface area (TPSA) is 50.3 Å². The lowest BCUT2D eigenvalue weighted by Crippen LogP contribution is -2.37. The molecule has 176 valence electrons. The summed E-state index contributed by atoms with van der Waals surface area (Å²) in [6.07, 6.45) is 0.215. The van der Waals surface area contributed by atoms with Gasteiger partial charge in [-0.25, -0.2) is 4.98 Å². The molecule has 2 heterocycles. The van der Waals surface area contributed by atoms with E-state index in [9.17, 15) is 13.2 Å². The van der Waals surface area contributed by atoms with Crippen LogP contribution in [0.1, 0.15) is 57.3 Å². The van der Waals surface area contributed by atoms with Gasteiger partial charge < -0.3 is 9.82 Å². The van der Waals surface area contributed by atoms with E-state index < -0.39 is 11.7 Å². The molecule has 0 radical (unpaired) electrons. The molecule has 9 heteroatoms. The molecule has 0 unspecified atom stereocenters. The van der Waals surface area contributed by atoms with E-state index in [1.54, 1.807) is 12.1 Å². The molecule has 2 aromatic carbocycles. The average Bonchev–Trinajstić information content (AvgIpc) is 3.35. The van der Waals surface area contributed by atoms with Gasteiger partial charge in [-0.05, 0) is 60.4 Å². The molecule has 5 rings (SSSR count). The fourth-order valence-electron chi connectivity index (χ4n) is 4.65. The molecule has 4 nitrogen and oxygen atoms in total. The average molecular weight is 498 g/mol. The third-order valence-corrected chi connectivity index (χ3v) is 7.00. The van der Waals surface area contributed by atoms with Crippen LogP contribution in [0.2, 0.25) is 5.02 Å². The van der Waals surface area contributed by atoms with Crippen LogP contribution < -0.4 is 0 Å². The molecule has 0 bridgehead atoms. The number of aromatic amines is 1. The van der Waals surface area contributed by atoms with Gasteiger partial charge in [-0.1, -0.05) is 48.8 Å². The first-order chi connectivity index (χ1) is 15.1. The Bertz CT molecular complexity index is 1220. The van der Waals surface area contributed by atoms with Crippen molar-refractivity contribution in [2.75, 3.05) is 0 Å². The standard InChI is InChI=1S/C24H23ClF3N3O.ClH/c1-22(2)7-9-23(10-8-22)13-19(31-32-23)21-29-18-12-14(11-17(25)20(18)30-21)15-5-3-4-6-16(15)24(26,27)28;/h3-6,11-12H,7-10,13H2,1-2H3,(H,29,30);1H. The molecule has 1 aliphatic carbocycles. The molecule has 1 aromatic heterocycles. The van der Waals surface area contributed by atoms with E-state index in [1.807, 2.05) is 0 Å². The molecular formula is C24H24Cl2F3N3O. The van der Waals surface area contributed by atoms with Crippen molar-refractivity contribution in [2.45, 2.75) is 57.7 Å². The normalized spacial score (nSPS) is 19.3. The van der Waals surface area contributed by atoms with Gasteiger partial charge in [0.2, 0.25) is 0 Å². The number of fused-ring (bicyclic) bond motifs is 1. The van der Waals surface area contributed by atoms with Crippen LogP contribution in [-0.2, 0) is 11.0 Å². The number of H-pyrrole nitrogens is 1. The van der Waals surface area contributed by atoms with Crippen LogP contribution >= 0.6 is 24.0 Å². The van der Waals surface area contributed by atoms with Gasteiger partial charge in [0.1, 0.15) is 16.8 Å². The Labute approximate surface area is 201 Å². The summed E-state index contributed by atoms with van der Waals surface area (Å²) < 4.78 is 40.5. The quantitative estimate of drug-likeness (QED) is 0.392. The number of oxime groups is 1. The monoisotopic (exact) mass is 497 g/mol. The summed E-state index contributed by atoms with van der Waals surface area (Å²) in [5, 5.41) is 4.60. The van der Waals surface area contributed by atoms with Crippen LogP contribution in [0.4, 0.5) is 13.2 Å². The third kappa shape index (κ3) is 4.45. The predicted octanol–water partition coefficient (Wildman–Crippen LogP) is 7.79. The maximum atomic E-state index is 13.5. The van der Waals surface area contributed by atoms with Gasteiger partial charge in [-0.3, -0.25) is 0 Å². The zero-order valence-corrected chi connectivity index (χ0v) is 19.8. The Kier molecular flexibility index (Phi) is 5.94. The minimum atomic E-state index is -4.46. The third-order valence-electron chi connectivity index (χ3n) is 6.71. The van der Waals surface area contributed by atoms with E-state index in [0.29, 0.717) is 40.0 Å². The lowest BCUT2D eigenvalue weighted by molar-refractivity contribution is -0.137. The summed E-state index contributed by atoms with van der Waals surface area (Å²) in [5.74, 6) is 0.546. The zero-order valence-electron chi connectivity index (χ0n) is 18.2. The molecule has 1 aliphatic heterocycles. The van der Waals surface area contributed by atoms with Gasteiger partial charge in [-0.2, -0.15) is 13.2 Å². The van der Waals surface area contributed by atoms with Crippen LogP contribution in [0, 0.1) is 5.41 Å². The zero-order chi connectivity index (χ0) is 22.7. The maximum Gasteiger partial charge on any atom is 0.417 e. The van der Waals surface area contributed by atoms with Crippen molar-refractivity contribution < 1.29 is 18.0 Å². The molecule has 0 saturated heterocycles. The number of aromatic nitrogens is 2. The van der Waals surface area contributed by atoms with Crippen LogP contribution in [0.15, 0.2) is 41.6 Å². The molecule has 1 spiro atoms. The minimum absolute atomic E-state index is 0. The van der Waals surface area contributed by atoms with Gasteiger partial charge in [0.15, 0.2) is 5.82 Å². The molecule has 1 N–H and O–H groups in total. The molecule has 33 heavy (non-hydrogen) atoms. The van der Waals surface area contributed by atoms with Crippen molar-refractivity contribution in [3.63, 3.8) is 0 Å². The van der Waals surface area contributed by atoms with Crippen molar-refractivity contribution in [1.82, 2.24) is 9.97 Å². The second-order valence-corrected chi connectivity index (χ2v) is 10.0. The van der Waals surface area contributed by atoms with Gasteiger partial charge in [0.05, 0.1) is 16.1 Å². The van der Waals surface area contributed by atoms with Crippen molar-refractivity contribution in [3.8, 4) is 11.1 Å². The minimum Gasteiger partial charge on any atom is -0.388 e. The molecule has 3 aromatic rings. The maximum absolute atomic E-state index is 13.5. The number of rotatable bonds is 2. The highest BCUT2D eigenvalue weighted by Gasteiger charge is 2.45. The molecule has 0 amide bonds. The first-order valence-electron chi connectivity index (χ1n) is 10.7. The second kappa shape index (κ2) is 8.20. The number of alkyl halides is 3. The molecule has 0 atom stereocenters. The number of benzene rings is 2. The number of hydrogen-bond acceptors (Lipinski definition) is 3. The predicted molar refractivity (Wildman–Crippen MR) is 126 cm³/mol. The number of halogens is 5. The van der Waals surface area contributed by atoms with Gasteiger partial charge >= 0.3 is 6.18 Å². The highest BCUT2D eigenvalue weighted by molar-refractivity contribution is 6.35. The SMILES string of the molecule is CC1(C)CCC2(CC1)CC(c1nc3c(Cl)cc(-c4ccccc4C(F)(F)F)cc3[nH]1)=NO2.Cl. The first kappa shape index (κ1) is 23.9. The summed E-state index contributed by atoms with van der Waals surface area (Å²) >= 11 is 6.44. The van der Waals surface area contributed by atoms with E-state index in [2.05, 4.69) is 29.0 Å².